The maximum atomic E-state index is 4.43. The van der Waals surface area contributed by atoms with Crippen LogP contribution in [-0.4, -0.2) is 15.5 Å². The van der Waals surface area contributed by atoms with Gasteiger partial charge >= 0.3 is 0 Å². The van der Waals surface area contributed by atoms with Crippen molar-refractivity contribution >= 4 is 21.7 Å². The lowest BCUT2D eigenvalue weighted by atomic mass is 9.43. The third-order valence-corrected chi connectivity index (χ3v) is 6.26. The summed E-state index contributed by atoms with van der Waals surface area (Å²) in [6.07, 6.45) is 11.6. The molecule has 1 aromatic rings. The Bertz CT molecular complexity index is 540. The van der Waals surface area contributed by atoms with Crippen molar-refractivity contribution in [2.75, 3.05) is 5.32 Å². The fraction of sp³-hybridized carbons (Fsp3) is 0.750. The molecule has 4 aliphatic rings. The molecule has 108 valence electrons. The SMILES string of the molecule is CC12CC3CC(C)(C1)CC(Nc1ncncc1Br)(C3)C2. The summed E-state index contributed by atoms with van der Waals surface area (Å²) in [5.74, 6) is 1.86. The molecule has 0 aromatic carbocycles. The van der Waals surface area contributed by atoms with Crippen LogP contribution in [0.3, 0.4) is 0 Å². The van der Waals surface area contributed by atoms with Crippen LogP contribution in [0.4, 0.5) is 5.82 Å². The van der Waals surface area contributed by atoms with E-state index in [2.05, 4.69) is 45.1 Å². The van der Waals surface area contributed by atoms with Crippen molar-refractivity contribution in [3.63, 3.8) is 0 Å². The van der Waals surface area contributed by atoms with E-state index >= 15 is 0 Å². The first kappa shape index (κ1) is 13.1. The molecule has 5 rings (SSSR count). The van der Waals surface area contributed by atoms with E-state index in [4.69, 9.17) is 0 Å². The summed E-state index contributed by atoms with van der Waals surface area (Å²) in [7, 11) is 0. The normalized spacial score (nSPS) is 45.6. The Hall–Kier alpha value is -0.640. The molecule has 4 heteroatoms. The van der Waals surface area contributed by atoms with Crippen molar-refractivity contribution < 1.29 is 0 Å². The first-order valence-electron chi connectivity index (χ1n) is 7.63. The molecule has 1 aromatic heterocycles. The van der Waals surface area contributed by atoms with E-state index in [1.165, 1.54) is 38.5 Å². The van der Waals surface area contributed by atoms with Gasteiger partial charge in [0.15, 0.2) is 0 Å². The van der Waals surface area contributed by atoms with Gasteiger partial charge in [0.2, 0.25) is 0 Å². The quantitative estimate of drug-likeness (QED) is 0.870. The van der Waals surface area contributed by atoms with E-state index in [1.54, 1.807) is 6.33 Å². The van der Waals surface area contributed by atoms with Crippen LogP contribution in [0.2, 0.25) is 0 Å². The van der Waals surface area contributed by atoms with Crippen molar-refractivity contribution in [1.82, 2.24) is 9.97 Å². The van der Waals surface area contributed by atoms with Crippen LogP contribution in [0.5, 0.6) is 0 Å². The topological polar surface area (TPSA) is 37.8 Å². The molecule has 4 saturated carbocycles. The monoisotopic (exact) mass is 335 g/mol. The summed E-state index contributed by atoms with van der Waals surface area (Å²) >= 11 is 3.58. The van der Waals surface area contributed by atoms with Gasteiger partial charge in [-0.3, -0.25) is 0 Å². The van der Waals surface area contributed by atoms with Crippen LogP contribution in [-0.2, 0) is 0 Å². The summed E-state index contributed by atoms with van der Waals surface area (Å²) in [6, 6.07) is 0. The van der Waals surface area contributed by atoms with Crippen LogP contribution in [0.1, 0.15) is 52.4 Å². The first-order valence-corrected chi connectivity index (χ1v) is 8.43. The number of nitrogens with one attached hydrogen (secondary N) is 1. The Kier molecular flexibility index (Phi) is 2.59. The van der Waals surface area contributed by atoms with Crippen molar-refractivity contribution in [2.45, 2.75) is 57.9 Å². The van der Waals surface area contributed by atoms with Gasteiger partial charge in [-0.2, -0.15) is 0 Å². The summed E-state index contributed by atoms with van der Waals surface area (Å²) in [5, 5.41) is 3.81. The number of nitrogens with zero attached hydrogens (tertiary/aromatic N) is 2. The van der Waals surface area contributed by atoms with E-state index in [1.807, 2.05) is 6.20 Å². The Balaban J connectivity index is 1.69. The minimum absolute atomic E-state index is 0.250. The van der Waals surface area contributed by atoms with Crippen molar-refractivity contribution in [3.05, 3.63) is 17.0 Å². The van der Waals surface area contributed by atoms with Gasteiger partial charge in [-0.15, -0.1) is 0 Å². The van der Waals surface area contributed by atoms with E-state index in [-0.39, 0.29) is 5.54 Å². The largest absolute Gasteiger partial charge is 0.364 e. The predicted octanol–water partition coefficient (Wildman–Crippen LogP) is 4.40. The molecule has 20 heavy (non-hydrogen) atoms. The molecule has 4 bridgehead atoms. The molecule has 0 amide bonds. The lowest BCUT2D eigenvalue weighted by Crippen LogP contribution is -2.61. The van der Waals surface area contributed by atoms with Crippen LogP contribution in [0.15, 0.2) is 17.0 Å². The second-order valence-electron chi connectivity index (χ2n) is 8.25. The zero-order valence-electron chi connectivity index (χ0n) is 12.2. The van der Waals surface area contributed by atoms with Gasteiger partial charge in [0.25, 0.3) is 0 Å². The van der Waals surface area contributed by atoms with E-state index in [0.717, 1.165) is 16.2 Å². The number of hydrogen-bond acceptors (Lipinski definition) is 3. The Morgan fingerprint density at radius 2 is 1.85 bits per heavy atom. The zero-order valence-corrected chi connectivity index (χ0v) is 13.8. The average Bonchev–Trinajstić information content (AvgIpc) is 2.27. The van der Waals surface area contributed by atoms with E-state index in [0.29, 0.717) is 10.8 Å². The Morgan fingerprint density at radius 3 is 2.45 bits per heavy atom. The molecule has 0 spiro atoms. The molecule has 3 nitrogen and oxygen atoms in total. The number of aromatic nitrogens is 2. The highest BCUT2D eigenvalue weighted by molar-refractivity contribution is 9.10. The van der Waals surface area contributed by atoms with Gasteiger partial charge < -0.3 is 5.32 Å². The Labute approximate surface area is 129 Å². The Morgan fingerprint density at radius 1 is 1.15 bits per heavy atom. The maximum absolute atomic E-state index is 4.43. The summed E-state index contributed by atoms with van der Waals surface area (Å²) in [5.41, 5.74) is 1.31. The molecular weight excluding hydrogens is 314 g/mol. The van der Waals surface area contributed by atoms with Crippen LogP contribution >= 0.6 is 15.9 Å². The highest BCUT2D eigenvalue weighted by atomic mass is 79.9. The zero-order chi connectivity index (χ0) is 14.0. The standard InChI is InChI=1S/C16H22BrN3/c1-14-3-11-4-15(2,7-14)9-16(5-11,8-14)20-13-12(17)6-18-10-19-13/h6,10-11H,3-5,7-9H2,1-2H3,(H,18,19,20). The smallest absolute Gasteiger partial charge is 0.144 e. The highest BCUT2D eigenvalue weighted by Crippen LogP contribution is 2.66. The molecule has 4 aliphatic carbocycles. The van der Waals surface area contributed by atoms with Crippen LogP contribution < -0.4 is 5.32 Å². The minimum atomic E-state index is 0.250. The number of halogens is 1. The fourth-order valence-electron chi connectivity index (χ4n) is 6.24. The molecule has 4 fully saturated rings. The third kappa shape index (κ3) is 1.99. The van der Waals surface area contributed by atoms with Gasteiger partial charge in [-0.25, -0.2) is 9.97 Å². The molecule has 0 aliphatic heterocycles. The fourth-order valence-corrected chi connectivity index (χ4v) is 6.56. The van der Waals surface area contributed by atoms with Crippen LogP contribution in [0, 0.1) is 16.7 Å². The lowest BCUT2D eigenvalue weighted by Gasteiger charge is -2.65. The van der Waals surface area contributed by atoms with Gasteiger partial charge in [-0.1, -0.05) is 13.8 Å². The third-order valence-electron chi connectivity index (χ3n) is 5.68. The van der Waals surface area contributed by atoms with Gasteiger partial charge in [0.05, 0.1) is 4.47 Å². The molecule has 0 saturated heterocycles. The van der Waals surface area contributed by atoms with Crippen molar-refractivity contribution in [1.29, 1.82) is 0 Å². The van der Waals surface area contributed by atoms with Gasteiger partial charge in [0.1, 0.15) is 12.1 Å². The number of anilines is 1. The molecule has 0 radical (unpaired) electrons. The molecule has 1 N–H and O–H groups in total. The van der Waals surface area contributed by atoms with Gasteiger partial charge in [0, 0.05) is 11.7 Å². The van der Waals surface area contributed by atoms with E-state index < -0.39 is 0 Å². The second kappa shape index (κ2) is 3.96. The van der Waals surface area contributed by atoms with Crippen LogP contribution in [0.25, 0.3) is 0 Å². The molecule has 1 heterocycles. The van der Waals surface area contributed by atoms with Gasteiger partial charge in [-0.05, 0) is 71.2 Å². The molecule has 2 atom stereocenters. The maximum Gasteiger partial charge on any atom is 0.144 e. The first-order chi connectivity index (χ1) is 9.40. The summed E-state index contributed by atoms with van der Waals surface area (Å²) < 4.78 is 0.978. The second-order valence-corrected chi connectivity index (χ2v) is 9.11. The minimum Gasteiger partial charge on any atom is -0.364 e. The van der Waals surface area contributed by atoms with E-state index in [9.17, 15) is 0 Å². The number of rotatable bonds is 2. The molecule has 2 unspecified atom stereocenters. The lowest BCUT2D eigenvalue weighted by molar-refractivity contribution is -0.0974. The summed E-state index contributed by atoms with van der Waals surface area (Å²) in [4.78, 5) is 8.50. The predicted molar refractivity (Wildman–Crippen MR) is 83.5 cm³/mol. The average molecular weight is 336 g/mol. The molecular formula is C16H22BrN3. The van der Waals surface area contributed by atoms with Crippen molar-refractivity contribution in [2.24, 2.45) is 16.7 Å². The highest BCUT2D eigenvalue weighted by Gasteiger charge is 2.60. The number of hydrogen-bond donors (Lipinski definition) is 1. The summed E-state index contributed by atoms with van der Waals surface area (Å²) in [6.45, 7) is 5.00. The van der Waals surface area contributed by atoms with Crippen molar-refractivity contribution in [3.8, 4) is 0 Å².